The van der Waals surface area contributed by atoms with E-state index >= 15 is 0 Å². The number of para-hydroxylation sites is 2. The van der Waals surface area contributed by atoms with Gasteiger partial charge in [0.15, 0.2) is 6.61 Å². The lowest BCUT2D eigenvalue weighted by Gasteiger charge is -2.07. The number of hydrogen-bond acceptors (Lipinski definition) is 4. The molecule has 0 unspecified atom stereocenters. The van der Waals surface area contributed by atoms with Crippen LogP contribution in [0.25, 0.3) is 18.3 Å². The Bertz CT molecular complexity index is 1080. The Morgan fingerprint density at radius 3 is 2.58 bits per heavy atom. The first-order chi connectivity index (χ1) is 12.6. The highest BCUT2D eigenvalue weighted by molar-refractivity contribution is 5.71. The number of ether oxygens (including phenoxy) is 2. The fourth-order valence-electron chi connectivity index (χ4n) is 2.49. The molecule has 1 aromatic heterocycles. The van der Waals surface area contributed by atoms with E-state index in [1.807, 2.05) is 36.4 Å². The number of methoxy groups -OCH3 is 1. The van der Waals surface area contributed by atoms with Gasteiger partial charge in [-0.05, 0) is 24.3 Å². The number of aromatic nitrogens is 2. The van der Waals surface area contributed by atoms with Crippen LogP contribution in [0.15, 0.2) is 59.4 Å². The smallest absolute Gasteiger partial charge is 0.343 e. The van der Waals surface area contributed by atoms with E-state index in [9.17, 15) is 9.59 Å². The van der Waals surface area contributed by atoms with Crippen LogP contribution in [0.4, 0.5) is 0 Å². The van der Waals surface area contributed by atoms with Gasteiger partial charge in [-0.2, -0.15) is 0 Å². The number of nitrogens with one attached hydrogen (secondary N) is 1. The molecule has 1 N–H and O–H groups in total. The molecule has 0 radical (unpaired) electrons. The Hall–Kier alpha value is -3.54. The fourth-order valence-corrected chi connectivity index (χ4v) is 2.49. The van der Waals surface area contributed by atoms with E-state index in [-0.39, 0.29) is 12.2 Å². The van der Waals surface area contributed by atoms with Crippen LogP contribution >= 0.6 is 0 Å². The molecule has 6 heteroatoms. The minimum atomic E-state index is -0.481. The van der Waals surface area contributed by atoms with Crippen LogP contribution in [0.3, 0.4) is 0 Å². The van der Waals surface area contributed by atoms with Crippen molar-refractivity contribution in [3.8, 4) is 11.4 Å². The molecule has 26 heavy (non-hydrogen) atoms. The topological polar surface area (TPSA) is 73.3 Å². The van der Waals surface area contributed by atoms with Crippen molar-refractivity contribution in [3.63, 3.8) is 0 Å². The summed E-state index contributed by atoms with van der Waals surface area (Å²) in [6, 6.07) is 16.4. The summed E-state index contributed by atoms with van der Waals surface area (Å²) in [5.41, 5.74) is 1.17. The predicted molar refractivity (Wildman–Crippen MR) is 98.7 cm³/mol. The molecule has 0 aliphatic carbocycles. The van der Waals surface area contributed by atoms with E-state index < -0.39 is 5.97 Å². The van der Waals surface area contributed by atoms with Crippen LogP contribution in [-0.2, 0) is 9.53 Å². The van der Waals surface area contributed by atoms with E-state index in [1.165, 1.54) is 11.8 Å². The summed E-state index contributed by atoms with van der Waals surface area (Å²) in [6.07, 6.45) is 1.69. The minimum Gasteiger partial charge on any atom is -0.481 e. The summed E-state index contributed by atoms with van der Waals surface area (Å²) in [5.74, 6) is -0.00473. The second-order valence-corrected chi connectivity index (χ2v) is 5.53. The van der Waals surface area contributed by atoms with E-state index in [2.05, 4.69) is 16.4 Å². The van der Waals surface area contributed by atoms with Crippen molar-refractivity contribution in [2.24, 2.45) is 0 Å². The van der Waals surface area contributed by atoms with Crippen molar-refractivity contribution in [2.45, 2.75) is 0 Å². The highest BCUT2D eigenvalue weighted by atomic mass is 16.6. The van der Waals surface area contributed by atoms with Crippen molar-refractivity contribution in [1.82, 2.24) is 9.78 Å². The molecule has 0 aliphatic rings. The third-order valence-corrected chi connectivity index (χ3v) is 3.81. The lowest BCUT2D eigenvalue weighted by Crippen LogP contribution is -2.34. The third kappa shape index (κ3) is 3.59. The molecular weight excluding hydrogens is 332 g/mol. The number of carbonyl (C=O) groups is 1. The van der Waals surface area contributed by atoms with Crippen LogP contribution in [0.1, 0.15) is 5.56 Å². The normalized spacial score (nSPS) is 11.3. The summed E-state index contributed by atoms with van der Waals surface area (Å²) in [7, 11) is 1.30. The number of nitrogens with zero attached hydrogens (tertiary/aromatic N) is 1. The average Bonchev–Trinajstić information content (AvgIpc) is 2.96. The van der Waals surface area contributed by atoms with Crippen molar-refractivity contribution in [2.75, 3.05) is 13.7 Å². The van der Waals surface area contributed by atoms with Gasteiger partial charge in [-0.1, -0.05) is 43.0 Å². The van der Waals surface area contributed by atoms with Crippen molar-refractivity contribution < 1.29 is 14.3 Å². The van der Waals surface area contributed by atoms with Gasteiger partial charge >= 0.3 is 5.97 Å². The molecule has 0 saturated carbocycles. The highest BCUT2D eigenvalue weighted by Gasteiger charge is 2.08. The molecular formula is C20H18N2O4. The average molecular weight is 350 g/mol. The van der Waals surface area contributed by atoms with Crippen LogP contribution in [0.5, 0.6) is 5.75 Å². The molecule has 0 amide bonds. The van der Waals surface area contributed by atoms with E-state index in [4.69, 9.17) is 4.74 Å². The van der Waals surface area contributed by atoms with Crippen LogP contribution in [0, 0.1) is 0 Å². The molecule has 0 aliphatic heterocycles. The molecule has 3 rings (SSSR count). The zero-order valence-electron chi connectivity index (χ0n) is 14.3. The molecule has 3 aromatic rings. The largest absolute Gasteiger partial charge is 0.481 e. The standard InChI is InChI=1S/C20H18N2O4/c1-14-17(20(24)22(21-14)16-9-4-3-5-10-16)12-15-8-6-7-11-18(15)26-13-19(23)25-2/h3-12,21H,1,13H2,2H3/b17-12-. The zero-order valence-corrected chi connectivity index (χ0v) is 14.3. The molecule has 6 nitrogen and oxygen atoms in total. The molecule has 2 aromatic carbocycles. The predicted octanol–water partition coefficient (Wildman–Crippen LogP) is 0.956. The maximum Gasteiger partial charge on any atom is 0.343 e. The number of esters is 1. The second kappa shape index (κ2) is 7.57. The van der Waals surface area contributed by atoms with Crippen LogP contribution in [-0.4, -0.2) is 29.5 Å². The molecule has 0 saturated heterocycles. The maximum atomic E-state index is 12.8. The first-order valence-corrected chi connectivity index (χ1v) is 7.96. The second-order valence-electron chi connectivity index (χ2n) is 5.53. The summed E-state index contributed by atoms with van der Waals surface area (Å²) < 4.78 is 11.5. The summed E-state index contributed by atoms with van der Waals surface area (Å²) in [5, 5.41) is 3.88. The van der Waals surface area contributed by atoms with Crippen LogP contribution in [0.2, 0.25) is 0 Å². The number of aromatic amines is 1. The number of benzene rings is 2. The lowest BCUT2D eigenvalue weighted by atomic mass is 10.1. The van der Waals surface area contributed by atoms with E-state index in [1.54, 1.807) is 24.3 Å². The Morgan fingerprint density at radius 1 is 1.15 bits per heavy atom. The Kier molecular flexibility index (Phi) is 5.03. The molecule has 0 fully saturated rings. The zero-order chi connectivity index (χ0) is 18.5. The summed E-state index contributed by atoms with van der Waals surface area (Å²) in [6.45, 7) is 3.71. The van der Waals surface area contributed by atoms with E-state index in [0.717, 1.165) is 5.69 Å². The van der Waals surface area contributed by atoms with Crippen molar-refractivity contribution in [1.29, 1.82) is 0 Å². The van der Waals surface area contributed by atoms with Gasteiger partial charge in [-0.15, -0.1) is 0 Å². The molecule has 0 spiro atoms. The Balaban J connectivity index is 2.05. The quantitative estimate of drug-likeness (QED) is 0.696. The monoisotopic (exact) mass is 350 g/mol. The number of hydrogen-bond donors (Lipinski definition) is 1. The first kappa shape index (κ1) is 17.3. The van der Waals surface area contributed by atoms with Gasteiger partial charge in [0.1, 0.15) is 5.75 Å². The van der Waals surface area contributed by atoms with Crippen molar-refractivity contribution in [3.05, 3.63) is 81.1 Å². The van der Waals surface area contributed by atoms with E-state index in [0.29, 0.717) is 21.9 Å². The van der Waals surface area contributed by atoms with Gasteiger partial charge in [0.25, 0.3) is 5.56 Å². The molecule has 1 heterocycles. The summed E-state index contributed by atoms with van der Waals surface area (Å²) in [4.78, 5) is 24.1. The number of H-pyrrole nitrogens is 1. The third-order valence-electron chi connectivity index (χ3n) is 3.81. The Morgan fingerprint density at radius 2 is 1.85 bits per heavy atom. The number of rotatable bonds is 5. The highest BCUT2D eigenvalue weighted by Crippen LogP contribution is 2.18. The van der Waals surface area contributed by atoms with Gasteiger partial charge in [-0.3, -0.25) is 9.89 Å². The van der Waals surface area contributed by atoms with Gasteiger partial charge in [0.05, 0.1) is 23.4 Å². The van der Waals surface area contributed by atoms with Gasteiger partial charge in [0, 0.05) is 5.56 Å². The lowest BCUT2D eigenvalue weighted by molar-refractivity contribution is -0.142. The fraction of sp³-hybridized carbons (Fsp3) is 0.100. The maximum absolute atomic E-state index is 12.8. The number of carbonyl (C=O) groups excluding carboxylic acids is 1. The van der Waals surface area contributed by atoms with Crippen molar-refractivity contribution >= 4 is 18.6 Å². The molecule has 0 atom stereocenters. The molecule has 132 valence electrons. The molecule has 0 bridgehead atoms. The first-order valence-electron chi connectivity index (χ1n) is 7.96. The van der Waals surface area contributed by atoms with Gasteiger partial charge < -0.3 is 9.47 Å². The van der Waals surface area contributed by atoms with Gasteiger partial charge in [0.2, 0.25) is 0 Å². The van der Waals surface area contributed by atoms with Crippen LogP contribution < -0.4 is 20.9 Å². The summed E-state index contributed by atoms with van der Waals surface area (Å²) >= 11 is 0. The SMILES string of the molecule is C=c1[nH]n(-c2ccccc2)c(=O)/c1=C\c1ccccc1OCC(=O)OC. The Labute approximate surface area is 149 Å². The van der Waals surface area contributed by atoms with Gasteiger partial charge in [-0.25, -0.2) is 9.48 Å². The minimum absolute atomic E-state index is 0.208.